The van der Waals surface area contributed by atoms with E-state index in [1.807, 2.05) is 0 Å². The summed E-state index contributed by atoms with van der Waals surface area (Å²) >= 11 is 0. The van der Waals surface area contributed by atoms with Gasteiger partial charge in [-0.05, 0) is 50.0 Å². The Morgan fingerprint density at radius 2 is 2.05 bits per heavy atom. The molecule has 0 bridgehead atoms. The molecule has 0 saturated carbocycles. The van der Waals surface area contributed by atoms with E-state index in [1.54, 1.807) is 0 Å². The second-order valence-electron chi connectivity index (χ2n) is 5.35. The molecule has 2 N–H and O–H groups in total. The molecule has 1 fully saturated rings. The molecule has 2 rings (SSSR count). The number of aryl methyl sites for hydroxylation is 1. The third-order valence-electron chi connectivity index (χ3n) is 3.86. The van der Waals surface area contributed by atoms with Crippen LogP contribution in [0.2, 0.25) is 0 Å². The van der Waals surface area contributed by atoms with Crippen LogP contribution in [0.25, 0.3) is 0 Å². The van der Waals surface area contributed by atoms with E-state index < -0.39 is 0 Å². The topological polar surface area (TPSA) is 45.4 Å². The highest BCUT2D eigenvalue weighted by atomic mass is 15.2. The number of likely N-dealkylation sites (N-methyl/N-ethyl adjacent to an activating group) is 1. The highest BCUT2D eigenvalue weighted by molar-refractivity contribution is 5.42. The van der Waals surface area contributed by atoms with Gasteiger partial charge < -0.3 is 15.5 Å². The van der Waals surface area contributed by atoms with E-state index in [4.69, 9.17) is 10.7 Å². The average molecular weight is 262 g/mol. The van der Waals surface area contributed by atoms with Crippen molar-refractivity contribution in [3.63, 3.8) is 0 Å². The second-order valence-corrected chi connectivity index (χ2v) is 5.35. The molecule has 0 unspecified atom stereocenters. The van der Waals surface area contributed by atoms with Crippen LogP contribution in [0.5, 0.6) is 0 Å². The molecule has 0 aliphatic carbocycles. The molecule has 0 spiro atoms. The lowest BCUT2D eigenvalue weighted by Crippen LogP contribution is -2.32. The Morgan fingerprint density at radius 1 is 1.32 bits per heavy atom. The number of rotatable bonds is 6. The van der Waals surface area contributed by atoms with Gasteiger partial charge in [0.15, 0.2) is 0 Å². The lowest BCUT2D eigenvalue weighted by atomic mass is 10.2. The van der Waals surface area contributed by atoms with Crippen molar-refractivity contribution in [3.05, 3.63) is 23.4 Å². The molecule has 1 aromatic rings. The lowest BCUT2D eigenvalue weighted by molar-refractivity contribution is 0.346. The fraction of sp³-hybridized carbons (Fsp3) is 0.667. The number of pyridine rings is 1. The molecule has 1 aliphatic rings. The van der Waals surface area contributed by atoms with Gasteiger partial charge in [-0.15, -0.1) is 0 Å². The van der Waals surface area contributed by atoms with Crippen LogP contribution in [0.1, 0.15) is 31.0 Å². The SMILES string of the molecule is CCc1cc(CN)cc(N(C)CCN2CCCC2)n1. The first-order valence-electron chi connectivity index (χ1n) is 7.36. The molecule has 0 aromatic carbocycles. The Kier molecular flexibility index (Phi) is 5.16. The number of nitrogens with zero attached hydrogens (tertiary/aromatic N) is 3. The van der Waals surface area contributed by atoms with Crippen LogP contribution in [0, 0.1) is 0 Å². The molecule has 4 heteroatoms. The monoisotopic (exact) mass is 262 g/mol. The van der Waals surface area contributed by atoms with Gasteiger partial charge in [-0.2, -0.15) is 0 Å². The van der Waals surface area contributed by atoms with Gasteiger partial charge in [0.1, 0.15) is 5.82 Å². The van der Waals surface area contributed by atoms with Gasteiger partial charge >= 0.3 is 0 Å². The summed E-state index contributed by atoms with van der Waals surface area (Å²) < 4.78 is 0. The summed E-state index contributed by atoms with van der Waals surface area (Å²) in [4.78, 5) is 9.48. The maximum absolute atomic E-state index is 5.76. The van der Waals surface area contributed by atoms with E-state index in [0.717, 1.165) is 31.0 Å². The largest absolute Gasteiger partial charge is 0.358 e. The second kappa shape index (κ2) is 6.87. The molecule has 0 amide bonds. The summed E-state index contributed by atoms with van der Waals surface area (Å²) in [5.41, 5.74) is 8.07. The van der Waals surface area contributed by atoms with Crippen LogP contribution in [0.3, 0.4) is 0 Å². The van der Waals surface area contributed by atoms with Crippen molar-refractivity contribution in [1.82, 2.24) is 9.88 Å². The zero-order chi connectivity index (χ0) is 13.7. The fourth-order valence-electron chi connectivity index (χ4n) is 2.54. The zero-order valence-corrected chi connectivity index (χ0v) is 12.2. The van der Waals surface area contributed by atoms with Crippen molar-refractivity contribution in [2.24, 2.45) is 5.73 Å². The molecule has 2 heterocycles. The van der Waals surface area contributed by atoms with Crippen LogP contribution in [-0.2, 0) is 13.0 Å². The minimum absolute atomic E-state index is 0.586. The maximum atomic E-state index is 5.76. The van der Waals surface area contributed by atoms with Gasteiger partial charge in [0.2, 0.25) is 0 Å². The number of likely N-dealkylation sites (tertiary alicyclic amines) is 1. The standard InChI is InChI=1S/C15H26N4/c1-3-14-10-13(12-16)11-15(17-14)18(2)8-9-19-6-4-5-7-19/h10-11H,3-9,12,16H2,1-2H3. The van der Waals surface area contributed by atoms with Gasteiger partial charge in [0, 0.05) is 32.4 Å². The highest BCUT2D eigenvalue weighted by Gasteiger charge is 2.12. The summed E-state index contributed by atoms with van der Waals surface area (Å²) in [7, 11) is 2.12. The summed E-state index contributed by atoms with van der Waals surface area (Å²) in [6.07, 6.45) is 3.66. The van der Waals surface area contributed by atoms with Crippen molar-refractivity contribution in [3.8, 4) is 0 Å². The van der Waals surface area contributed by atoms with E-state index in [0.29, 0.717) is 6.54 Å². The van der Waals surface area contributed by atoms with E-state index in [-0.39, 0.29) is 0 Å². The van der Waals surface area contributed by atoms with Crippen LogP contribution in [0.15, 0.2) is 12.1 Å². The van der Waals surface area contributed by atoms with Gasteiger partial charge in [0.25, 0.3) is 0 Å². The minimum Gasteiger partial charge on any atom is -0.358 e. The van der Waals surface area contributed by atoms with Crippen LogP contribution in [0.4, 0.5) is 5.82 Å². The molecular formula is C15H26N4. The fourth-order valence-corrected chi connectivity index (χ4v) is 2.54. The van der Waals surface area contributed by atoms with Crippen molar-refractivity contribution >= 4 is 5.82 Å². The third-order valence-corrected chi connectivity index (χ3v) is 3.86. The first kappa shape index (κ1) is 14.3. The number of hydrogen-bond donors (Lipinski definition) is 1. The van der Waals surface area contributed by atoms with Crippen molar-refractivity contribution in [2.75, 3.05) is 38.1 Å². The van der Waals surface area contributed by atoms with E-state index >= 15 is 0 Å². The minimum atomic E-state index is 0.586. The van der Waals surface area contributed by atoms with Gasteiger partial charge in [0.05, 0.1) is 0 Å². The molecule has 106 valence electrons. The lowest BCUT2D eigenvalue weighted by Gasteiger charge is -2.23. The number of anilines is 1. The smallest absolute Gasteiger partial charge is 0.128 e. The van der Waals surface area contributed by atoms with Crippen LogP contribution >= 0.6 is 0 Å². The maximum Gasteiger partial charge on any atom is 0.128 e. The normalized spacial score (nSPS) is 15.9. The summed E-state index contributed by atoms with van der Waals surface area (Å²) in [5.74, 6) is 1.05. The first-order chi connectivity index (χ1) is 9.22. The van der Waals surface area contributed by atoms with Crippen molar-refractivity contribution < 1.29 is 0 Å². The predicted octanol–water partition coefficient (Wildman–Crippen LogP) is 1.63. The Labute approximate surface area is 116 Å². The van der Waals surface area contributed by atoms with Crippen LogP contribution in [-0.4, -0.2) is 43.1 Å². The van der Waals surface area contributed by atoms with Crippen LogP contribution < -0.4 is 10.6 Å². The molecular weight excluding hydrogens is 236 g/mol. The third kappa shape index (κ3) is 3.91. The summed E-state index contributed by atoms with van der Waals surface area (Å²) in [6, 6.07) is 4.22. The van der Waals surface area contributed by atoms with Crippen molar-refractivity contribution in [2.45, 2.75) is 32.7 Å². The first-order valence-corrected chi connectivity index (χ1v) is 7.36. The average Bonchev–Trinajstić information content (AvgIpc) is 2.97. The molecule has 1 saturated heterocycles. The van der Waals surface area contributed by atoms with Gasteiger partial charge in [-0.25, -0.2) is 4.98 Å². The molecule has 19 heavy (non-hydrogen) atoms. The Hall–Kier alpha value is -1.13. The quantitative estimate of drug-likeness (QED) is 0.846. The van der Waals surface area contributed by atoms with E-state index in [2.05, 4.69) is 35.9 Å². The van der Waals surface area contributed by atoms with E-state index in [9.17, 15) is 0 Å². The summed E-state index contributed by atoms with van der Waals surface area (Å²) in [6.45, 7) is 7.39. The van der Waals surface area contributed by atoms with Crippen molar-refractivity contribution in [1.29, 1.82) is 0 Å². The highest BCUT2D eigenvalue weighted by Crippen LogP contribution is 2.15. The number of hydrogen-bond acceptors (Lipinski definition) is 4. The molecule has 0 atom stereocenters. The predicted molar refractivity (Wildman–Crippen MR) is 80.5 cm³/mol. The summed E-state index contributed by atoms with van der Waals surface area (Å²) in [5, 5.41) is 0. The Balaban J connectivity index is 1.98. The molecule has 0 radical (unpaired) electrons. The van der Waals surface area contributed by atoms with Gasteiger partial charge in [-0.1, -0.05) is 6.92 Å². The van der Waals surface area contributed by atoms with Gasteiger partial charge in [-0.3, -0.25) is 0 Å². The number of aromatic nitrogens is 1. The molecule has 1 aliphatic heterocycles. The molecule has 4 nitrogen and oxygen atoms in total. The molecule has 1 aromatic heterocycles. The Bertz CT molecular complexity index is 377. The Morgan fingerprint density at radius 3 is 2.68 bits per heavy atom. The zero-order valence-electron chi connectivity index (χ0n) is 12.2. The number of nitrogens with two attached hydrogens (primary N) is 1. The van der Waals surface area contributed by atoms with E-state index in [1.165, 1.54) is 31.5 Å².